The van der Waals surface area contributed by atoms with E-state index in [-0.39, 0.29) is 35.7 Å². The number of nitrogens with zero attached hydrogens (tertiary/aromatic N) is 1. The van der Waals surface area contributed by atoms with Crippen LogP contribution in [0.15, 0.2) is 0 Å². The Morgan fingerprint density at radius 2 is 1.86 bits per heavy atom. The molecular weight excluding hydrogens is 312 g/mol. The standard InChI is InChI=1S/C14H28N2O3S.ClH/c1-12(2)10-20(18,19)11-14(17)16-8-5-13(6-9-16)4-7-15-3;/h12-13,15H,4-11H2,1-3H3;1H. The van der Waals surface area contributed by atoms with Crippen molar-refractivity contribution in [3.8, 4) is 0 Å². The number of carbonyl (C=O) groups is 1. The minimum atomic E-state index is -3.26. The third-order valence-electron chi connectivity index (χ3n) is 3.70. The number of carbonyl (C=O) groups excluding carboxylic acids is 1. The molecule has 1 aliphatic rings. The number of hydrogen-bond acceptors (Lipinski definition) is 4. The summed E-state index contributed by atoms with van der Waals surface area (Å²) in [6.45, 7) is 6.11. The Labute approximate surface area is 135 Å². The second-order valence-corrected chi connectivity index (χ2v) is 8.27. The van der Waals surface area contributed by atoms with Crippen molar-refractivity contribution in [1.82, 2.24) is 10.2 Å². The largest absolute Gasteiger partial charge is 0.342 e. The van der Waals surface area contributed by atoms with Gasteiger partial charge in [0.05, 0.1) is 5.75 Å². The first-order chi connectivity index (χ1) is 9.34. The van der Waals surface area contributed by atoms with Gasteiger partial charge >= 0.3 is 0 Å². The van der Waals surface area contributed by atoms with E-state index in [2.05, 4.69) is 5.32 Å². The highest BCUT2D eigenvalue weighted by molar-refractivity contribution is 7.92. The van der Waals surface area contributed by atoms with E-state index in [4.69, 9.17) is 0 Å². The van der Waals surface area contributed by atoms with Crippen LogP contribution in [0.3, 0.4) is 0 Å². The van der Waals surface area contributed by atoms with E-state index in [1.807, 2.05) is 20.9 Å². The molecule has 0 unspecified atom stereocenters. The van der Waals surface area contributed by atoms with Crippen molar-refractivity contribution in [2.24, 2.45) is 11.8 Å². The summed E-state index contributed by atoms with van der Waals surface area (Å²) in [5.41, 5.74) is 0. The summed E-state index contributed by atoms with van der Waals surface area (Å²) < 4.78 is 23.7. The van der Waals surface area contributed by atoms with Crippen LogP contribution in [-0.2, 0) is 14.6 Å². The highest BCUT2D eigenvalue weighted by atomic mass is 35.5. The quantitative estimate of drug-likeness (QED) is 0.759. The van der Waals surface area contributed by atoms with Gasteiger partial charge in [0.25, 0.3) is 0 Å². The Bertz CT molecular complexity index is 404. The maximum atomic E-state index is 12.1. The fraction of sp³-hybridized carbons (Fsp3) is 0.929. The average molecular weight is 341 g/mol. The number of likely N-dealkylation sites (tertiary alicyclic amines) is 1. The normalized spacial score (nSPS) is 16.9. The fourth-order valence-electron chi connectivity index (χ4n) is 2.67. The van der Waals surface area contributed by atoms with Gasteiger partial charge in [0.2, 0.25) is 5.91 Å². The maximum absolute atomic E-state index is 12.1. The summed E-state index contributed by atoms with van der Waals surface area (Å²) in [7, 11) is -1.32. The molecule has 1 rings (SSSR count). The van der Waals surface area contributed by atoms with Crippen molar-refractivity contribution >= 4 is 28.2 Å². The van der Waals surface area contributed by atoms with Gasteiger partial charge in [-0.2, -0.15) is 0 Å². The van der Waals surface area contributed by atoms with Crippen molar-refractivity contribution < 1.29 is 13.2 Å². The van der Waals surface area contributed by atoms with Gasteiger partial charge in [0.1, 0.15) is 5.75 Å². The number of piperidine rings is 1. The lowest BCUT2D eigenvalue weighted by molar-refractivity contribution is -0.129. The smallest absolute Gasteiger partial charge is 0.237 e. The van der Waals surface area contributed by atoms with Gasteiger partial charge in [-0.15, -0.1) is 12.4 Å². The van der Waals surface area contributed by atoms with Crippen LogP contribution in [0.4, 0.5) is 0 Å². The summed E-state index contributed by atoms with van der Waals surface area (Å²) in [4.78, 5) is 13.8. The van der Waals surface area contributed by atoms with Crippen LogP contribution in [-0.4, -0.2) is 57.4 Å². The molecule has 0 saturated carbocycles. The van der Waals surface area contributed by atoms with Crippen LogP contribution in [0, 0.1) is 11.8 Å². The molecule has 5 nitrogen and oxygen atoms in total. The van der Waals surface area contributed by atoms with E-state index in [1.54, 1.807) is 4.90 Å². The molecule has 1 fully saturated rings. The first-order valence-corrected chi connectivity index (χ1v) is 9.29. The summed E-state index contributed by atoms with van der Waals surface area (Å²) in [6, 6.07) is 0. The number of amides is 1. The second-order valence-electron chi connectivity index (χ2n) is 6.16. The molecule has 0 bridgehead atoms. The zero-order valence-corrected chi connectivity index (χ0v) is 14.9. The molecule has 0 aliphatic carbocycles. The van der Waals surface area contributed by atoms with E-state index < -0.39 is 9.84 Å². The molecule has 126 valence electrons. The zero-order chi connectivity index (χ0) is 15.2. The third kappa shape index (κ3) is 8.02. The molecule has 0 atom stereocenters. The molecule has 1 heterocycles. The van der Waals surface area contributed by atoms with Crippen LogP contribution < -0.4 is 5.32 Å². The van der Waals surface area contributed by atoms with Crippen LogP contribution in [0.1, 0.15) is 33.1 Å². The monoisotopic (exact) mass is 340 g/mol. The molecule has 1 N–H and O–H groups in total. The third-order valence-corrected chi connectivity index (χ3v) is 5.56. The molecule has 0 radical (unpaired) electrons. The first kappa shape index (κ1) is 20.7. The van der Waals surface area contributed by atoms with Gasteiger partial charge in [-0.1, -0.05) is 13.8 Å². The minimum Gasteiger partial charge on any atom is -0.342 e. The molecule has 0 aromatic carbocycles. The minimum absolute atomic E-state index is 0. The molecule has 1 saturated heterocycles. The van der Waals surface area contributed by atoms with E-state index in [9.17, 15) is 13.2 Å². The molecular formula is C14H29ClN2O3S. The van der Waals surface area contributed by atoms with Crippen molar-refractivity contribution in [1.29, 1.82) is 0 Å². The lowest BCUT2D eigenvalue weighted by atomic mass is 9.93. The van der Waals surface area contributed by atoms with Gasteiger partial charge in [-0.05, 0) is 44.7 Å². The van der Waals surface area contributed by atoms with Gasteiger partial charge < -0.3 is 10.2 Å². The van der Waals surface area contributed by atoms with Crippen LogP contribution in [0.25, 0.3) is 0 Å². The molecule has 0 spiro atoms. The summed E-state index contributed by atoms with van der Waals surface area (Å²) >= 11 is 0. The number of hydrogen-bond donors (Lipinski definition) is 1. The molecule has 7 heteroatoms. The van der Waals surface area contributed by atoms with Crippen molar-refractivity contribution in [2.45, 2.75) is 33.1 Å². The van der Waals surface area contributed by atoms with Gasteiger partial charge in [0, 0.05) is 13.1 Å². The highest BCUT2D eigenvalue weighted by Gasteiger charge is 2.26. The van der Waals surface area contributed by atoms with E-state index in [0.717, 1.165) is 25.8 Å². The number of nitrogens with one attached hydrogen (secondary N) is 1. The van der Waals surface area contributed by atoms with Gasteiger partial charge in [-0.3, -0.25) is 4.79 Å². The summed E-state index contributed by atoms with van der Waals surface area (Å²) in [6.07, 6.45) is 3.10. The van der Waals surface area contributed by atoms with Crippen molar-refractivity contribution in [3.63, 3.8) is 0 Å². The Hall–Kier alpha value is -0.330. The van der Waals surface area contributed by atoms with E-state index in [1.165, 1.54) is 0 Å². The van der Waals surface area contributed by atoms with Crippen molar-refractivity contribution in [2.75, 3.05) is 38.2 Å². The van der Waals surface area contributed by atoms with E-state index in [0.29, 0.717) is 19.0 Å². The Balaban J connectivity index is 0.00000400. The molecule has 0 aromatic rings. The fourth-order valence-corrected chi connectivity index (χ4v) is 4.36. The average Bonchev–Trinajstić information content (AvgIpc) is 2.34. The predicted molar refractivity (Wildman–Crippen MR) is 88.6 cm³/mol. The molecule has 1 aliphatic heterocycles. The molecule has 1 amide bonds. The topological polar surface area (TPSA) is 66.5 Å². The van der Waals surface area contributed by atoms with Crippen LogP contribution in [0.5, 0.6) is 0 Å². The Kier molecular flexibility index (Phi) is 9.49. The number of sulfone groups is 1. The predicted octanol–water partition coefficient (Wildman–Crippen LogP) is 1.33. The Morgan fingerprint density at radius 3 is 2.33 bits per heavy atom. The summed E-state index contributed by atoms with van der Waals surface area (Å²) in [5, 5.41) is 3.14. The number of rotatable bonds is 7. The first-order valence-electron chi connectivity index (χ1n) is 7.47. The van der Waals surface area contributed by atoms with Crippen LogP contribution in [0.2, 0.25) is 0 Å². The summed E-state index contributed by atoms with van der Waals surface area (Å²) in [5.74, 6) is 0.264. The second kappa shape index (κ2) is 9.64. The lowest BCUT2D eigenvalue weighted by Gasteiger charge is -2.32. The van der Waals surface area contributed by atoms with Gasteiger partial charge in [0.15, 0.2) is 9.84 Å². The maximum Gasteiger partial charge on any atom is 0.237 e. The molecule has 0 aromatic heterocycles. The van der Waals surface area contributed by atoms with Crippen LogP contribution >= 0.6 is 12.4 Å². The lowest BCUT2D eigenvalue weighted by Crippen LogP contribution is -2.42. The van der Waals surface area contributed by atoms with Crippen molar-refractivity contribution in [3.05, 3.63) is 0 Å². The highest BCUT2D eigenvalue weighted by Crippen LogP contribution is 2.20. The molecule has 21 heavy (non-hydrogen) atoms. The number of halogens is 1. The Morgan fingerprint density at radius 1 is 1.29 bits per heavy atom. The van der Waals surface area contributed by atoms with E-state index >= 15 is 0 Å². The van der Waals surface area contributed by atoms with Gasteiger partial charge in [-0.25, -0.2) is 8.42 Å². The zero-order valence-electron chi connectivity index (χ0n) is 13.3. The SMILES string of the molecule is CNCCC1CCN(C(=O)CS(=O)(=O)CC(C)C)CC1.Cl.